The first-order valence-corrected chi connectivity index (χ1v) is 14.1. The van der Waals surface area contributed by atoms with E-state index in [4.69, 9.17) is 4.74 Å². The number of hydrogen-bond acceptors (Lipinski definition) is 2. The van der Waals surface area contributed by atoms with E-state index in [2.05, 4.69) is 4.74 Å². The molecule has 49 heavy (non-hydrogen) atoms. The minimum atomic E-state index is -5.97. The Bertz CT molecular complexity index is 2000. The minimum Gasteiger partial charge on any atom is -0.488 e. The second kappa shape index (κ2) is 13.3. The van der Waals surface area contributed by atoms with Crippen molar-refractivity contribution in [2.45, 2.75) is 38.8 Å². The molecule has 5 aromatic rings. The molecule has 0 saturated carbocycles. The number of hydrogen-bond donors (Lipinski definition) is 0. The lowest BCUT2D eigenvalue weighted by molar-refractivity contribution is -0.432. The van der Waals surface area contributed by atoms with Gasteiger partial charge in [0.25, 0.3) is 0 Å². The van der Waals surface area contributed by atoms with Crippen LogP contribution >= 0.6 is 0 Å². The molecular formula is C34H19F13O2. The van der Waals surface area contributed by atoms with E-state index in [-0.39, 0.29) is 22.9 Å². The number of halogens is 13. The average molecular weight is 706 g/mol. The van der Waals surface area contributed by atoms with E-state index < -0.39 is 105 Å². The molecule has 0 amide bonds. The van der Waals surface area contributed by atoms with Gasteiger partial charge in [0, 0.05) is 17.5 Å². The van der Waals surface area contributed by atoms with Crippen molar-refractivity contribution in [3.63, 3.8) is 0 Å². The Kier molecular flexibility index (Phi) is 9.61. The van der Waals surface area contributed by atoms with Crippen molar-refractivity contribution in [3.05, 3.63) is 124 Å². The molecule has 0 N–H and O–H groups in total. The summed E-state index contributed by atoms with van der Waals surface area (Å²) in [6.07, 6.45) is -10.0. The van der Waals surface area contributed by atoms with Crippen molar-refractivity contribution in [1.29, 1.82) is 0 Å². The molecule has 0 atom stereocenters. The average Bonchev–Trinajstić information content (AvgIpc) is 2.94. The monoisotopic (exact) mass is 706 g/mol. The summed E-state index contributed by atoms with van der Waals surface area (Å²) >= 11 is 0. The van der Waals surface area contributed by atoms with E-state index in [9.17, 15) is 39.5 Å². The quantitative estimate of drug-likeness (QED) is 0.142. The molecule has 0 fully saturated rings. The molecule has 0 aromatic heterocycles. The van der Waals surface area contributed by atoms with Crippen LogP contribution in [0.3, 0.4) is 0 Å². The lowest BCUT2D eigenvalue weighted by Crippen LogP contribution is -2.29. The third-order valence-electron chi connectivity index (χ3n) is 7.33. The van der Waals surface area contributed by atoms with Gasteiger partial charge in [-0.05, 0) is 58.8 Å². The molecule has 0 aliphatic rings. The zero-order valence-electron chi connectivity index (χ0n) is 24.6. The lowest BCUT2D eigenvalue weighted by atomic mass is 9.94. The Morgan fingerprint density at radius 3 is 1.67 bits per heavy atom. The molecule has 0 spiro atoms. The van der Waals surface area contributed by atoms with Crippen LogP contribution in [0.15, 0.2) is 60.7 Å². The first-order chi connectivity index (χ1) is 22.9. The Morgan fingerprint density at radius 2 is 1.12 bits per heavy atom. The van der Waals surface area contributed by atoms with E-state index in [0.717, 1.165) is 18.1 Å². The van der Waals surface area contributed by atoms with Crippen LogP contribution < -0.4 is 4.74 Å². The highest BCUT2D eigenvalue weighted by Gasteiger charge is 2.49. The van der Waals surface area contributed by atoms with Crippen LogP contribution in [0.1, 0.15) is 30.0 Å². The minimum absolute atomic E-state index is 0.00739. The number of fused-ring (bicyclic) bond motifs is 1. The zero-order valence-corrected chi connectivity index (χ0v) is 24.6. The molecular weight excluding hydrogens is 687 g/mol. The van der Waals surface area contributed by atoms with E-state index in [1.165, 1.54) is 6.07 Å². The predicted octanol–water partition coefficient (Wildman–Crippen LogP) is 11.4. The SMILES string of the molecule is CCCc1ccc2c(F)c(-c3cc(F)c(-c4cc(F)c(COc5cc(F)c(C(F)(F)OC(F)(F)F)c(F)c5)c(F)c4)c(F)c3)c(F)cc2c1. The van der Waals surface area contributed by atoms with Crippen LogP contribution in [0.2, 0.25) is 0 Å². The van der Waals surface area contributed by atoms with E-state index in [1.54, 1.807) is 12.1 Å². The van der Waals surface area contributed by atoms with Gasteiger partial charge in [-0.3, -0.25) is 0 Å². The molecule has 0 aliphatic heterocycles. The third-order valence-corrected chi connectivity index (χ3v) is 7.33. The molecule has 2 nitrogen and oxygen atoms in total. The van der Waals surface area contributed by atoms with Crippen LogP contribution in [0, 0.1) is 46.5 Å². The number of benzene rings is 5. The molecule has 15 heteroatoms. The topological polar surface area (TPSA) is 18.5 Å². The highest BCUT2D eigenvalue weighted by molar-refractivity contribution is 5.89. The maximum Gasteiger partial charge on any atom is 0.527 e. The molecule has 0 bridgehead atoms. The Balaban J connectivity index is 1.42. The van der Waals surface area contributed by atoms with Crippen LogP contribution in [-0.2, 0) is 23.9 Å². The summed E-state index contributed by atoms with van der Waals surface area (Å²) in [5.41, 5.74) is -5.56. The summed E-state index contributed by atoms with van der Waals surface area (Å²) in [4.78, 5) is 0. The molecule has 0 heterocycles. The van der Waals surface area contributed by atoms with E-state index >= 15 is 17.6 Å². The van der Waals surface area contributed by atoms with Gasteiger partial charge in [0.1, 0.15) is 64.5 Å². The highest BCUT2D eigenvalue weighted by atomic mass is 19.4. The molecule has 0 radical (unpaired) electrons. The van der Waals surface area contributed by atoms with Gasteiger partial charge in [0.05, 0.1) is 16.7 Å². The second-order valence-electron chi connectivity index (χ2n) is 10.7. The van der Waals surface area contributed by atoms with Crippen molar-refractivity contribution in [2.24, 2.45) is 0 Å². The van der Waals surface area contributed by atoms with Crippen molar-refractivity contribution in [3.8, 4) is 28.0 Å². The number of rotatable bonds is 9. The van der Waals surface area contributed by atoms with Gasteiger partial charge >= 0.3 is 12.5 Å². The molecule has 0 unspecified atom stereocenters. The van der Waals surface area contributed by atoms with Crippen LogP contribution in [0.5, 0.6) is 5.75 Å². The molecule has 258 valence electrons. The summed E-state index contributed by atoms with van der Waals surface area (Å²) in [6, 6.07) is 7.69. The van der Waals surface area contributed by atoms with Crippen molar-refractivity contribution in [2.75, 3.05) is 0 Å². The fourth-order valence-electron chi connectivity index (χ4n) is 5.23. The largest absolute Gasteiger partial charge is 0.527 e. The number of aryl methyl sites for hydroxylation is 1. The first kappa shape index (κ1) is 35.5. The van der Waals surface area contributed by atoms with Gasteiger partial charge in [-0.2, -0.15) is 8.78 Å². The van der Waals surface area contributed by atoms with Gasteiger partial charge in [0.2, 0.25) is 0 Å². The van der Waals surface area contributed by atoms with Crippen LogP contribution in [0.25, 0.3) is 33.0 Å². The summed E-state index contributed by atoms with van der Waals surface area (Å²) in [7, 11) is 0. The van der Waals surface area contributed by atoms with E-state index in [0.29, 0.717) is 30.7 Å². The molecule has 0 aliphatic carbocycles. The predicted molar refractivity (Wildman–Crippen MR) is 150 cm³/mol. The standard InChI is InChI=1S/C34H19F13O2/c1-2-3-15-4-5-20-16(6-15)7-26(39)30(32(20)42)18-10-24(37)29(25(38)11-18)17-8-22(35)21(23(36)9-17)14-48-19-12-27(40)31(28(41)13-19)33(43,44)49-34(45,46)47/h4-13H,2-3,14H2,1H3. The van der Waals surface area contributed by atoms with Gasteiger partial charge in [-0.1, -0.05) is 31.5 Å². The Labute approximate surface area is 268 Å². The zero-order chi connectivity index (χ0) is 36.0. The smallest absolute Gasteiger partial charge is 0.488 e. The van der Waals surface area contributed by atoms with Gasteiger partial charge < -0.3 is 4.74 Å². The summed E-state index contributed by atoms with van der Waals surface area (Å²) < 4.78 is 191. The molecule has 5 rings (SSSR count). The fourth-order valence-corrected chi connectivity index (χ4v) is 5.23. The summed E-state index contributed by atoms with van der Waals surface area (Å²) in [5.74, 6) is -13.6. The Morgan fingerprint density at radius 1 is 0.592 bits per heavy atom. The van der Waals surface area contributed by atoms with Gasteiger partial charge in [-0.25, -0.2) is 39.9 Å². The molecule has 0 saturated heterocycles. The van der Waals surface area contributed by atoms with Crippen molar-refractivity contribution >= 4 is 10.8 Å². The van der Waals surface area contributed by atoms with Crippen molar-refractivity contribution < 1.29 is 66.5 Å². The molecule has 5 aromatic carbocycles. The summed E-state index contributed by atoms with van der Waals surface area (Å²) in [5, 5.41) is 0.208. The van der Waals surface area contributed by atoms with Gasteiger partial charge in [-0.15, -0.1) is 13.2 Å². The summed E-state index contributed by atoms with van der Waals surface area (Å²) in [6.45, 7) is 0.736. The fraction of sp³-hybridized carbons (Fsp3) is 0.176. The van der Waals surface area contributed by atoms with Crippen LogP contribution in [0.4, 0.5) is 57.1 Å². The highest BCUT2D eigenvalue weighted by Crippen LogP contribution is 2.41. The maximum atomic E-state index is 15.4. The number of alkyl halides is 5. The normalized spacial score (nSPS) is 12.2. The lowest BCUT2D eigenvalue weighted by Gasteiger charge is -2.20. The van der Waals surface area contributed by atoms with E-state index in [1.807, 2.05) is 6.92 Å². The Hall–Kier alpha value is -4.79. The number of ether oxygens (including phenoxy) is 2. The van der Waals surface area contributed by atoms with Crippen molar-refractivity contribution in [1.82, 2.24) is 0 Å². The second-order valence-corrected chi connectivity index (χ2v) is 10.7. The maximum absolute atomic E-state index is 15.4. The first-order valence-electron chi connectivity index (χ1n) is 14.1. The third kappa shape index (κ3) is 7.31. The van der Waals surface area contributed by atoms with Gasteiger partial charge in [0.15, 0.2) is 0 Å². The van der Waals surface area contributed by atoms with Crippen LogP contribution in [-0.4, -0.2) is 6.36 Å².